The molecule has 3 N–H and O–H groups in total. The lowest BCUT2D eigenvalue weighted by Gasteiger charge is -2.02. The van der Waals surface area contributed by atoms with Gasteiger partial charge in [0.25, 0.3) is 0 Å². The zero-order valence-electron chi connectivity index (χ0n) is 5.84. The van der Waals surface area contributed by atoms with Crippen LogP contribution in [0.5, 0.6) is 17.2 Å². The molecule has 1 unspecified atom stereocenters. The number of phenols is 2. The molecular formula is C6H6O5P. The van der Waals surface area contributed by atoms with Gasteiger partial charge in [-0.2, -0.15) is 0 Å². The van der Waals surface area contributed by atoms with Gasteiger partial charge in [0.05, 0.1) is 0 Å². The molecule has 1 rings (SSSR count). The van der Waals surface area contributed by atoms with E-state index in [2.05, 4.69) is 4.52 Å². The van der Waals surface area contributed by atoms with Gasteiger partial charge in [-0.15, -0.1) is 0 Å². The summed E-state index contributed by atoms with van der Waals surface area (Å²) < 4.78 is 14.4. The first kappa shape index (κ1) is 8.77. The second-order valence-electron chi connectivity index (χ2n) is 1.98. The Labute approximate surface area is 68.8 Å². The average Bonchev–Trinajstić information content (AvgIpc) is 1.96. The molecule has 5 nitrogen and oxygen atoms in total. The Kier molecular flexibility index (Phi) is 2.47. The largest absolute Gasteiger partial charge is 0.508 e. The number of hydrogen-bond acceptors (Lipinski definition) is 4. The monoisotopic (exact) mass is 189 g/mol. The first-order valence-electron chi connectivity index (χ1n) is 2.95. The van der Waals surface area contributed by atoms with E-state index in [0.717, 1.165) is 12.1 Å². The smallest absolute Gasteiger partial charge is 0.426 e. The Morgan fingerprint density at radius 3 is 2.58 bits per heavy atom. The summed E-state index contributed by atoms with van der Waals surface area (Å²) in [7, 11) is -2.83. The highest BCUT2D eigenvalue weighted by Crippen LogP contribution is 2.34. The molecule has 1 radical (unpaired) electrons. The van der Waals surface area contributed by atoms with Crippen molar-refractivity contribution in [3.05, 3.63) is 18.2 Å². The predicted molar refractivity (Wildman–Crippen MR) is 40.2 cm³/mol. The van der Waals surface area contributed by atoms with Crippen molar-refractivity contribution in [2.75, 3.05) is 0 Å². The average molecular weight is 189 g/mol. The van der Waals surface area contributed by atoms with Crippen LogP contribution in [-0.4, -0.2) is 15.1 Å². The maximum atomic E-state index is 10.2. The number of phenolic OH excluding ortho intramolecular Hbond substituents is 2. The topological polar surface area (TPSA) is 87.0 Å². The van der Waals surface area contributed by atoms with Crippen LogP contribution in [0, 0.1) is 0 Å². The second kappa shape index (κ2) is 3.38. The van der Waals surface area contributed by atoms with Gasteiger partial charge in [0.2, 0.25) is 0 Å². The lowest BCUT2D eigenvalue weighted by molar-refractivity contribution is 0.386. The maximum Gasteiger partial charge on any atom is 0.426 e. The molecule has 0 saturated heterocycles. The number of rotatable bonds is 2. The fourth-order valence-corrected chi connectivity index (χ4v) is 0.975. The molecular weight excluding hydrogens is 183 g/mol. The number of hydrogen-bond donors (Lipinski definition) is 3. The third-order valence-corrected chi connectivity index (χ3v) is 1.47. The van der Waals surface area contributed by atoms with E-state index in [-0.39, 0.29) is 17.2 Å². The normalized spacial score (nSPS) is 10.9. The highest BCUT2D eigenvalue weighted by Gasteiger charge is 2.06. The molecule has 0 aromatic heterocycles. The predicted octanol–water partition coefficient (Wildman–Crippen LogP) is 1.13. The Hall–Kier alpha value is -1.32. The summed E-state index contributed by atoms with van der Waals surface area (Å²) in [6.07, 6.45) is 0. The van der Waals surface area contributed by atoms with Crippen LogP contribution in [0.2, 0.25) is 0 Å². The summed E-state index contributed by atoms with van der Waals surface area (Å²) in [6.45, 7) is 0. The minimum Gasteiger partial charge on any atom is -0.508 e. The molecule has 0 aliphatic carbocycles. The van der Waals surface area contributed by atoms with E-state index in [1.165, 1.54) is 6.07 Å². The standard InChI is InChI=1S/C6H6O5P/c7-4-1-2-5(8)6(3-4)11-12(9)10/h1-3,7-8H,(H,9,10). The molecule has 0 saturated carbocycles. The third kappa shape index (κ3) is 2.08. The minimum absolute atomic E-state index is 0.153. The fourth-order valence-electron chi connectivity index (χ4n) is 0.660. The second-order valence-corrected chi connectivity index (χ2v) is 2.64. The van der Waals surface area contributed by atoms with E-state index in [9.17, 15) is 4.57 Å². The zero-order valence-corrected chi connectivity index (χ0v) is 6.73. The van der Waals surface area contributed by atoms with E-state index in [4.69, 9.17) is 15.1 Å². The van der Waals surface area contributed by atoms with Crippen LogP contribution in [0.4, 0.5) is 0 Å². The van der Waals surface area contributed by atoms with Crippen LogP contribution in [0.3, 0.4) is 0 Å². The van der Waals surface area contributed by atoms with Crippen LogP contribution in [0.15, 0.2) is 18.2 Å². The van der Waals surface area contributed by atoms with Gasteiger partial charge in [0.1, 0.15) is 5.75 Å². The molecule has 6 heteroatoms. The van der Waals surface area contributed by atoms with Crippen LogP contribution in [0.25, 0.3) is 0 Å². The summed E-state index contributed by atoms with van der Waals surface area (Å²) in [5.41, 5.74) is 0. The SMILES string of the molecule is O=[P](O)Oc1cc(O)ccc1O. The van der Waals surface area contributed by atoms with Gasteiger partial charge in [-0.05, 0) is 12.1 Å². The first-order chi connectivity index (χ1) is 5.59. The summed E-state index contributed by atoms with van der Waals surface area (Å²) >= 11 is 0. The number of aromatic hydroxyl groups is 2. The van der Waals surface area contributed by atoms with Crippen molar-refractivity contribution in [2.45, 2.75) is 0 Å². The van der Waals surface area contributed by atoms with Gasteiger partial charge in [-0.25, -0.2) is 4.57 Å². The molecule has 0 aliphatic heterocycles. The van der Waals surface area contributed by atoms with Crippen molar-refractivity contribution >= 4 is 8.25 Å². The Morgan fingerprint density at radius 2 is 2.00 bits per heavy atom. The maximum absolute atomic E-state index is 10.2. The summed E-state index contributed by atoms with van der Waals surface area (Å²) in [5.74, 6) is -0.677. The van der Waals surface area contributed by atoms with Crippen LogP contribution in [-0.2, 0) is 4.57 Å². The highest BCUT2D eigenvalue weighted by molar-refractivity contribution is 7.32. The van der Waals surface area contributed by atoms with Crippen molar-refractivity contribution in [2.24, 2.45) is 0 Å². The van der Waals surface area contributed by atoms with E-state index < -0.39 is 8.25 Å². The highest BCUT2D eigenvalue weighted by atomic mass is 31.1. The van der Waals surface area contributed by atoms with Crippen molar-refractivity contribution in [3.8, 4) is 17.2 Å². The molecule has 0 fully saturated rings. The summed E-state index contributed by atoms with van der Waals surface area (Å²) in [6, 6.07) is 3.43. The lowest BCUT2D eigenvalue weighted by Crippen LogP contribution is -1.80. The minimum atomic E-state index is -2.83. The zero-order chi connectivity index (χ0) is 9.14. The van der Waals surface area contributed by atoms with Crippen LogP contribution in [0.1, 0.15) is 0 Å². The molecule has 0 spiro atoms. The molecule has 65 valence electrons. The molecule has 1 aromatic rings. The van der Waals surface area contributed by atoms with Crippen molar-refractivity contribution in [1.82, 2.24) is 0 Å². The van der Waals surface area contributed by atoms with Crippen molar-refractivity contribution in [3.63, 3.8) is 0 Å². The molecule has 12 heavy (non-hydrogen) atoms. The van der Waals surface area contributed by atoms with Crippen LogP contribution < -0.4 is 4.52 Å². The molecule has 0 amide bonds. The Bertz CT molecular complexity index is 311. The Balaban J connectivity index is 2.97. The van der Waals surface area contributed by atoms with Gasteiger partial charge in [0.15, 0.2) is 11.5 Å². The quantitative estimate of drug-likeness (QED) is 0.479. The lowest BCUT2D eigenvalue weighted by atomic mass is 10.3. The third-order valence-electron chi connectivity index (χ3n) is 1.12. The molecule has 0 aliphatic rings. The summed E-state index contributed by atoms with van der Waals surface area (Å²) in [4.78, 5) is 8.32. The molecule has 0 heterocycles. The van der Waals surface area contributed by atoms with Crippen molar-refractivity contribution in [1.29, 1.82) is 0 Å². The first-order valence-corrected chi connectivity index (χ1v) is 4.08. The molecule has 1 atom stereocenters. The van der Waals surface area contributed by atoms with Gasteiger partial charge in [0, 0.05) is 6.07 Å². The van der Waals surface area contributed by atoms with E-state index in [0.29, 0.717) is 0 Å². The van der Waals surface area contributed by atoms with Gasteiger partial charge in [-0.3, -0.25) is 4.89 Å². The number of benzene rings is 1. The fraction of sp³-hybridized carbons (Fsp3) is 0. The van der Waals surface area contributed by atoms with Gasteiger partial charge >= 0.3 is 8.25 Å². The van der Waals surface area contributed by atoms with E-state index in [1.807, 2.05) is 0 Å². The molecule has 0 bridgehead atoms. The van der Waals surface area contributed by atoms with E-state index >= 15 is 0 Å². The van der Waals surface area contributed by atoms with Gasteiger partial charge < -0.3 is 14.7 Å². The van der Waals surface area contributed by atoms with Crippen molar-refractivity contribution < 1.29 is 24.2 Å². The van der Waals surface area contributed by atoms with E-state index in [1.54, 1.807) is 0 Å². The Morgan fingerprint density at radius 1 is 1.33 bits per heavy atom. The molecule has 1 aromatic carbocycles. The van der Waals surface area contributed by atoms with Crippen LogP contribution >= 0.6 is 8.25 Å². The summed E-state index contributed by atoms with van der Waals surface area (Å²) in [5, 5.41) is 17.9. The van der Waals surface area contributed by atoms with Gasteiger partial charge in [-0.1, -0.05) is 0 Å².